The summed E-state index contributed by atoms with van der Waals surface area (Å²) in [5, 5.41) is 7.84. The molecule has 3 aromatic rings. The minimum absolute atomic E-state index is 0.686. The molecule has 0 atom stereocenters. The Bertz CT molecular complexity index is 571. The van der Waals surface area contributed by atoms with Crippen molar-refractivity contribution >= 4 is 0 Å². The summed E-state index contributed by atoms with van der Waals surface area (Å²) in [6.07, 6.45) is 4.71. The zero-order valence-electron chi connectivity index (χ0n) is 8.32. The first-order valence-corrected chi connectivity index (χ1v) is 4.80. The van der Waals surface area contributed by atoms with Crippen molar-refractivity contribution in [1.29, 1.82) is 0 Å². The SMILES string of the molecule is c1ccc(-c2oncc2-n2cncn2)cc1. The first-order chi connectivity index (χ1) is 7.95. The summed E-state index contributed by atoms with van der Waals surface area (Å²) in [5.41, 5.74) is 1.74. The number of benzene rings is 1. The van der Waals surface area contributed by atoms with Crippen LogP contribution in [0.5, 0.6) is 0 Å². The molecule has 0 fully saturated rings. The van der Waals surface area contributed by atoms with Gasteiger partial charge in [0, 0.05) is 5.56 Å². The van der Waals surface area contributed by atoms with Gasteiger partial charge in [-0.2, -0.15) is 5.10 Å². The largest absolute Gasteiger partial charge is 0.354 e. The van der Waals surface area contributed by atoms with Gasteiger partial charge in [-0.1, -0.05) is 35.5 Å². The quantitative estimate of drug-likeness (QED) is 0.651. The fourth-order valence-corrected chi connectivity index (χ4v) is 1.52. The van der Waals surface area contributed by atoms with Gasteiger partial charge in [0.25, 0.3) is 0 Å². The molecule has 2 heterocycles. The Morgan fingerprint density at radius 2 is 2.00 bits per heavy atom. The van der Waals surface area contributed by atoms with Crippen molar-refractivity contribution in [2.75, 3.05) is 0 Å². The van der Waals surface area contributed by atoms with Gasteiger partial charge < -0.3 is 4.52 Å². The minimum Gasteiger partial charge on any atom is -0.354 e. The lowest BCUT2D eigenvalue weighted by molar-refractivity contribution is 0.432. The first kappa shape index (κ1) is 8.84. The van der Waals surface area contributed by atoms with Gasteiger partial charge in [-0.15, -0.1) is 0 Å². The Kier molecular flexibility index (Phi) is 2.00. The van der Waals surface area contributed by atoms with E-state index in [1.165, 1.54) is 6.33 Å². The molecule has 0 aliphatic carbocycles. The van der Waals surface area contributed by atoms with Crippen LogP contribution in [0, 0.1) is 0 Å². The summed E-state index contributed by atoms with van der Waals surface area (Å²) >= 11 is 0. The fourth-order valence-electron chi connectivity index (χ4n) is 1.52. The molecule has 5 nitrogen and oxygen atoms in total. The van der Waals surface area contributed by atoms with Gasteiger partial charge in [0.15, 0.2) is 5.76 Å². The maximum atomic E-state index is 5.24. The van der Waals surface area contributed by atoms with Gasteiger partial charge >= 0.3 is 0 Å². The van der Waals surface area contributed by atoms with E-state index in [0.29, 0.717) is 5.76 Å². The van der Waals surface area contributed by atoms with Crippen molar-refractivity contribution in [1.82, 2.24) is 19.9 Å². The van der Waals surface area contributed by atoms with Crippen LogP contribution in [0.1, 0.15) is 0 Å². The van der Waals surface area contributed by atoms with Crippen LogP contribution < -0.4 is 0 Å². The fraction of sp³-hybridized carbons (Fsp3) is 0. The molecule has 0 N–H and O–H groups in total. The lowest BCUT2D eigenvalue weighted by Crippen LogP contribution is -1.94. The van der Waals surface area contributed by atoms with Crippen LogP contribution in [0.2, 0.25) is 0 Å². The highest BCUT2D eigenvalue weighted by atomic mass is 16.5. The van der Waals surface area contributed by atoms with Crippen molar-refractivity contribution in [3.05, 3.63) is 49.2 Å². The molecule has 1 aromatic carbocycles. The normalized spacial score (nSPS) is 10.5. The van der Waals surface area contributed by atoms with Crippen LogP contribution in [0.25, 0.3) is 17.0 Å². The molecule has 0 saturated heterocycles. The van der Waals surface area contributed by atoms with E-state index in [1.54, 1.807) is 17.2 Å². The molecule has 16 heavy (non-hydrogen) atoms. The summed E-state index contributed by atoms with van der Waals surface area (Å²) in [7, 11) is 0. The molecule has 0 spiro atoms. The molecule has 2 aromatic heterocycles. The maximum Gasteiger partial charge on any atom is 0.192 e. The summed E-state index contributed by atoms with van der Waals surface area (Å²) in [6, 6.07) is 9.77. The topological polar surface area (TPSA) is 56.7 Å². The first-order valence-electron chi connectivity index (χ1n) is 4.80. The number of hydrogen-bond donors (Lipinski definition) is 0. The Morgan fingerprint density at radius 1 is 1.12 bits per heavy atom. The molecular formula is C11H8N4O. The Labute approximate surface area is 91.3 Å². The molecule has 0 saturated carbocycles. The van der Waals surface area contributed by atoms with Crippen molar-refractivity contribution < 1.29 is 4.52 Å². The van der Waals surface area contributed by atoms with Crippen molar-refractivity contribution in [2.45, 2.75) is 0 Å². The molecule has 3 rings (SSSR count). The zero-order chi connectivity index (χ0) is 10.8. The van der Waals surface area contributed by atoms with E-state index >= 15 is 0 Å². The van der Waals surface area contributed by atoms with Crippen LogP contribution in [0.3, 0.4) is 0 Å². The van der Waals surface area contributed by atoms with Crippen LogP contribution in [0.15, 0.2) is 53.7 Å². The van der Waals surface area contributed by atoms with E-state index in [-0.39, 0.29) is 0 Å². The molecule has 78 valence electrons. The Hall–Kier alpha value is -2.43. The molecule has 0 aliphatic rings. The molecule has 5 heteroatoms. The smallest absolute Gasteiger partial charge is 0.192 e. The number of rotatable bonds is 2. The standard InChI is InChI=1S/C11H8N4O/c1-2-4-9(5-3-1)11-10(6-14-16-11)15-8-12-7-13-15/h1-8H. The van der Waals surface area contributed by atoms with Crippen LogP contribution in [-0.4, -0.2) is 19.9 Å². The number of hydrogen-bond acceptors (Lipinski definition) is 4. The van der Waals surface area contributed by atoms with E-state index < -0.39 is 0 Å². The van der Waals surface area contributed by atoms with E-state index in [9.17, 15) is 0 Å². The highest BCUT2D eigenvalue weighted by Crippen LogP contribution is 2.25. The number of aromatic nitrogens is 4. The van der Waals surface area contributed by atoms with Gasteiger partial charge in [-0.05, 0) is 0 Å². The third kappa shape index (κ3) is 1.38. The van der Waals surface area contributed by atoms with Gasteiger partial charge in [0.2, 0.25) is 0 Å². The molecule has 0 radical (unpaired) electrons. The number of nitrogens with zero attached hydrogens (tertiary/aromatic N) is 4. The van der Waals surface area contributed by atoms with E-state index in [2.05, 4.69) is 15.2 Å². The average Bonchev–Trinajstić information content (AvgIpc) is 3.01. The lowest BCUT2D eigenvalue weighted by Gasteiger charge is -1.99. The highest BCUT2D eigenvalue weighted by Gasteiger charge is 2.12. The maximum absolute atomic E-state index is 5.24. The zero-order valence-corrected chi connectivity index (χ0v) is 8.32. The lowest BCUT2D eigenvalue weighted by atomic mass is 10.1. The van der Waals surface area contributed by atoms with Gasteiger partial charge in [0.1, 0.15) is 18.3 Å². The van der Waals surface area contributed by atoms with Crippen LogP contribution in [0.4, 0.5) is 0 Å². The van der Waals surface area contributed by atoms with Gasteiger partial charge in [0.05, 0.1) is 6.20 Å². The molecule has 0 unspecified atom stereocenters. The predicted octanol–water partition coefficient (Wildman–Crippen LogP) is 1.92. The third-order valence-electron chi connectivity index (χ3n) is 2.25. The Morgan fingerprint density at radius 3 is 2.75 bits per heavy atom. The minimum atomic E-state index is 0.686. The predicted molar refractivity (Wildman–Crippen MR) is 56.9 cm³/mol. The van der Waals surface area contributed by atoms with Gasteiger partial charge in [-0.3, -0.25) is 0 Å². The van der Waals surface area contributed by atoms with E-state index in [1.807, 2.05) is 30.3 Å². The second-order valence-corrected chi connectivity index (χ2v) is 3.25. The summed E-state index contributed by atoms with van der Waals surface area (Å²) < 4.78 is 6.86. The molecule has 0 amide bonds. The molecule has 0 bridgehead atoms. The van der Waals surface area contributed by atoms with Gasteiger partial charge in [-0.25, -0.2) is 9.67 Å². The summed E-state index contributed by atoms with van der Waals surface area (Å²) in [4.78, 5) is 3.90. The van der Waals surface area contributed by atoms with Crippen LogP contribution in [-0.2, 0) is 0 Å². The third-order valence-corrected chi connectivity index (χ3v) is 2.25. The second-order valence-electron chi connectivity index (χ2n) is 3.25. The second kappa shape index (κ2) is 3.62. The van der Waals surface area contributed by atoms with E-state index in [0.717, 1.165) is 11.3 Å². The summed E-state index contributed by atoms with van der Waals surface area (Å²) in [5.74, 6) is 0.686. The molecular weight excluding hydrogens is 204 g/mol. The summed E-state index contributed by atoms with van der Waals surface area (Å²) in [6.45, 7) is 0. The highest BCUT2D eigenvalue weighted by molar-refractivity contribution is 5.65. The monoisotopic (exact) mass is 212 g/mol. The van der Waals surface area contributed by atoms with E-state index in [4.69, 9.17) is 4.52 Å². The van der Waals surface area contributed by atoms with Crippen LogP contribution >= 0.6 is 0 Å². The Balaban J connectivity index is 2.14. The molecule has 0 aliphatic heterocycles. The average molecular weight is 212 g/mol. The van der Waals surface area contributed by atoms with Crippen molar-refractivity contribution in [3.63, 3.8) is 0 Å². The van der Waals surface area contributed by atoms with Crippen molar-refractivity contribution in [3.8, 4) is 17.0 Å². The van der Waals surface area contributed by atoms with Crippen molar-refractivity contribution in [2.24, 2.45) is 0 Å².